The minimum absolute atomic E-state index is 0.0537. The number of benzene rings is 3. The molecule has 0 fully saturated rings. The molecule has 27 heavy (non-hydrogen) atoms. The van der Waals surface area contributed by atoms with Gasteiger partial charge in [-0.2, -0.15) is 0 Å². The summed E-state index contributed by atoms with van der Waals surface area (Å²) in [4.78, 5) is 23.3. The molecule has 0 aliphatic carbocycles. The highest BCUT2D eigenvalue weighted by molar-refractivity contribution is 5.81. The van der Waals surface area contributed by atoms with E-state index in [4.69, 9.17) is 0 Å². The van der Waals surface area contributed by atoms with Crippen molar-refractivity contribution in [1.82, 2.24) is 5.43 Å². The molecule has 6 heteroatoms. The van der Waals surface area contributed by atoms with Gasteiger partial charge in [-0.25, -0.2) is 0 Å². The van der Waals surface area contributed by atoms with Gasteiger partial charge in [-0.1, -0.05) is 66.7 Å². The van der Waals surface area contributed by atoms with E-state index in [1.54, 1.807) is 23.2 Å². The maximum absolute atomic E-state index is 12.6. The van der Waals surface area contributed by atoms with Gasteiger partial charge in [-0.3, -0.25) is 25.3 Å². The molecule has 0 aromatic heterocycles. The third-order valence-corrected chi connectivity index (χ3v) is 4.05. The van der Waals surface area contributed by atoms with Crippen molar-refractivity contribution in [2.75, 3.05) is 5.01 Å². The number of nitrogens with zero attached hydrogens (tertiary/aromatic N) is 2. The van der Waals surface area contributed by atoms with Crippen LogP contribution >= 0.6 is 0 Å². The number of hydrogen-bond donors (Lipinski definition) is 1. The van der Waals surface area contributed by atoms with Crippen molar-refractivity contribution in [2.24, 2.45) is 0 Å². The summed E-state index contributed by atoms with van der Waals surface area (Å²) in [6.45, 7) is 0.480. The summed E-state index contributed by atoms with van der Waals surface area (Å²) in [7, 11) is 0. The highest BCUT2D eigenvalue weighted by Crippen LogP contribution is 2.19. The average molecular weight is 361 g/mol. The molecule has 0 aliphatic rings. The number of nitro benzene ring substituents is 1. The first-order chi connectivity index (χ1) is 13.1. The van der Waals surface area contributed by atoms with E-state index in [1.165, 1.54) is 6.07 Å². The number of carbonyl (C=O) groups is 1. The molecular formula is C21H19N3O3. The zero-order chi connectivity index (χ0) is 19.1. The number of amides is 1. The second kappa shape index (κ2) is 8.62. The van der Waals surface area contributed by atoms with Crippen molar-refractivity contribution < 1.29 is 9.72 Å². The van der Waals surface area contributed by atoms with Crippen molar-refractivity contribution in [1.29, 1.82) is 0 Å². The molecule has 1 N–H and O–H groups in total. The monoisotopic (exact) mass is 361 g/mol. The van der Waals surface area contributed by atoms with Crippen LogP contribution in [0.25, 0.3) is 0 Å². The molecule has 6 nitrogen and oxygen atoms in total. The van der Waals surface area contributed by atoms with Crippen LogP contribution in [0.1, 0.15) is 11.1 Å². The lowest BCUT2D eigenvalue weighted by atomic mass is 10.1. The third-order valence-electron chi connectivity index (χ3n) is 4.05. The Morgan fingerprint density at radius 2 is 1.48 bits per heavy atom. The van der Waals surface area contributed by atoms with Crippen LogP contribution in [0, 0.1) is 10.1 Å². The number of nitro groups is 1. The SMILES string of the molecule is O=C(Cc1ccccc1[N+](=O)[O-])NN(Cc1ccccc1)c1ccccc1. The van der Waals surface area contributed by atoms with Gasteiger partial charge < -0.3 is 0 Å². The lowest BCUT2D eigenvalue weighted by Crippen LogP contribution is -2.42. The number of carbonyl (C=O) groups excluding carboxylic acids is 1. The van der Waals surface area contributed by atoms with Gasteiger partial charge in [0.25, 0.3) is 5.69 Å². The Bertz CT molecular complexity index is 914. The van der Waals surface area contributed by atoms with Crippen molar-refractivity contribution in [2.45, 2.75) is 13.0 Å². The van der Waals surface area contributed by atoms with Crippen molar-refractivity contribution in [3.05, 3.63) is 106 Å². The zero-order valence-corrected chi connectivity index (χ0v) is 14.6. The normalized spacial score (nSPS) is 10.2. The molecule has 0 atom stereocenters. The van der Waals surface area contributed by atoms with Gasteiger partial charge in [-0.15, -0.1) is 0 Å². The molecule has 0 spiro atoms. The highest BCUT2D eigenvalue weighted by atomic mass is 16.6. The molecule has 3 rings (SSSR count). The van der Waals surface area contributed by atoms with Crippen LogP contribution in [-0.4, -0.2) is 10.8 Å². The molecule has 3 aromatic carbocycles. The van der Waals surface area contributed by atoms with E-state index in [0.717, 1.165) is 11.3 Å². The van der Waals surface area contributed by atoms with Crippen LogP contribution in [0.4, 0.5) is 11.4 Å². The Labute approximate surface area is 157 Å². The van der Waals surface area contributed by atoms with Crippen LogP contribution in [0.2, 0.25) is 0 Å². The molecular weight excluding hydrogens is 342 g/mol. The van der Waals surface area contributed by atoms with E-state index >= 15 is 0 Å². The van der Waals surface area contributed by atoms with Gasteiger partial charge in [0, 0.05) is 11.6 Å². The van der Waals surface area contributed by atoms with Crippen LogP contribution in [0.15, 0.2) is 84.9 Å². The number of rotatable bonds is 7. The van der Waals surface area contributed by atoms with Crippen molar-refractivity contribution in [3.63, 3.8) is 0 Å². The summed E-state index contributed by atoms with van der Waals surface area (Å²) in [6.07, 6.45) is -0.0741. The summed E-state index contributed by atoms with van der Waals surface area (Å²) in [5.74, 6) is -0.316. The number of anilines is 1. The quantitative estimate of drug-likeness (QED) is 0.512. The van der Waals surface area contributed by atoms with Crippen LogP contribution in [-0.2, 0) is 17.8 Å². The standard InChI is InChI=1S/C21H19N3O3/c25-21(15-18-11-7-8-14-20(18)24(26)27)22-23(19-12-5-2-6-13-19)16-17-9-3-1-4-10-17/h1-14H,15-16H2,(H,22,25). The Kier molecular flexibility index (Phi) is 5.79. The molecule has 0 saturated carbocycles. The topological polar surface area (TPSA) is 75.5 Å². The summed E-state index contributed by atoms with van der Waals surface area (Å²) < 4.78 is 0. The minimum atomic E-state index is -0.471. The Balaban J connectivity index is 1.78. The van der Waals surface area contributed by atoms with E-state index in [9.17, 15) is 14.9 Å². The molecule has 1 amide bonds. The second-order valence-electron chi connectivity index (χ2n) is 6.00. The molecule has 3 aromatic rings. The molecule has 0 bridgehead atoms. The number of hydrazine groups is 1. The number of para-hydroxylation sites is 2. The lowest BCUT2D eigenvalue weighted by molar-refractivity contribution is -0.385. The lowest BCUT2D eigenvalue weighted by Gasteiger charge is -2.25. The smallest absolute Gasteiger partial charge is 0.273 e. The van der Waals surface area contributed by atoms with E-state index in [1.807, 2.05) is 60.7 Å². The largest absolute Gasteiger partial charge is 0.281 e. The summed E-state index contributed by atoms with van der Waals surface area (Å²) >= 11 is 0. The first kappa shape index (κ1) is 18.1. The predicted octanol–water partition coefficient (Wildman–Crippen LogP) is 3.88. The van der Waals surface area contributed by atoms with Crippen LogP contribution in [0.5, 0.6) is 0 Å². The average Bonchev–Trinajstić information content (AvgIpc) is 2.69. The Morgan fingerprint density at radius 3 is 2.15 bits per heavy atom. The first-order valence-electron chi connectivity index (χ1n) is 8.52. The Hall–Kier alpha value is -3.67. The van der Waals surface area contributed by atoms with Gasteiger partial charge in [0.1, 0.15) is 0 Å². The van der Waals surface area contributed by atoms with Gasteiger partial charge in [0.05, 0.1) is 23.6 Å². The predicted molar refractivity (Wildman–Crippen MR) is 104 cm³/mol. The zero-order valence-electron chi connectivity index (χ0n) is 14.6. The van der Waals surface area contributed by atoms with E-state index < -0.39 is 4.92 Å². The molecule has 136 valence electrons. The molecule has 0 aliphatic heterocycles. The minimum Gasteiger partial charge on any atom is -0.281 e. The second-order valence-corrected chi connectivity index (χ2v) is 6.00. The van der Waals surface area contributed by atoms with Crippen molar-refractivity contribution >= 4 is 17.3 Å². The fraction of sp³-hybridized carbons (Fsp3) is 0.0952. The summed E-state index contributed by atoms with van der Waals surface area (Å²) in [5.41, 5.74) is 5.06. The van der Waals surface area contributed by atoms with E-state index in [0.29, 0.717) is 12.1 Å². The van der Waals surface area contributed by atoms with E-state index in [-0.39, 0.29) is 18.0 Å². The van der Waals surface area contributed by atoms with E-state index in [2.05, 4.69) is 5.43 Å². The van der Waals surface area contributed by atoms with Gasteiger partial charge in [0.15, 0.2) is 0 Å². The molecule has 0 saturated heterocycles. The van der Waals surface area contributed by atoms with Crippen molar-refractivity contribution in [3.8, 4) is 0 Å². The van der Waals surface area contributed by atoms with Gasteiger partial charge in [0.2, 0.25) is 5.91 Å². The molecule has 0 radical (unpaired) electrons. The summed E-state index contributed by atoms with van der Waals surface area (Å²) in [6, 6.07) is 25.5. The number of nitrogens with one attached hydrogen (secondary N) is 1. The number of hydrogen-bond acceptors (Lipinski definition) is 4. The fourth-order valence-electron chi connectivity index (χ4n) is 2.77. The van der Waals surface area contributed by atoms with Gasteiger partial charge >= 0.3 is 0 Å². The summed E-state index contributed by atoms with van der Waals surface area (Å²) in [5, 5.41) is 12.9. The Morgan fingerprint density at radius 1 is 0.889 bits per heavy atom. The fourth-order valence-corrected chi connectivity index (χ4v) is 2.77. The molecule has 0 unspecified atom stereocenters. The first-order valence-corrected chi connectivity index (χ1v) is 8.52. The van der Waals surface area contributed by atoms with Crippen LogP contribution in [0.3, 0.4) is 0 Å². The molecule has 0 heterocycles. The van der Waals surface area contributed by atoms with Crippen LogP contribution < -0.4 is 10.4 Å². The third kappa shape index (κ3) is 4.92. The highest BCUT2D eigenvalue weighted by Gasteiger charge is 2.17. The van der Waals surface area contributed by atoms with Gasteiger partial charge in [-0.05, 0) is 17.7 Å². The maximum atomic E-state index is 12.6. The maximum Gasteiger partial charge on any atom is 0.273 e.